The number of carbonyl (C=O) groups excluding carboxylic acids is 2. The highest BCUT2D eigenvalue weighted by atomic mass is 32.2. The molecule has 1 heterocycles. The molecular formula is C16H17N3O4S. The normalized spacial score (nSPS) is 17.5. The summed E-state index contributed by atoms with van der Waals surface area (Å²) in [6, 6.07) is 7.45. The first-order valence-corrected chi connectivity index (χ1v) is 8.06. The molecule has 7 nitrogen and oxygen atoms in total. The van der Waals surface area contributed by atoms with Gasteiger partial charge in [0.15, 0.2) is 5.17 Å². The molecule has 1 aliphatic heterocycles. The number of ether oxygens (including phenoxy) is 2. The molecule has 0 aromatic heterocycles. The molecule has 0 bridgehead atoms. The van der Waals surface area contributed by atoms with E-state index in [9.17, 15) is 9.59 Å². The van der Waals surface area contributed by atoms with Crippen LogP contribution in [-0.4, -0.2) is 37.0 Å². The average Bonchev–Trinajstić information content (AvgIpc) is 2.93. The first-order valence-electron chi connectivity index (χ1n) is 7.25. The van der Waals surface area contributed by atoms with Crippen molar-refractivity contribution in [3.8, 4) is 5.75 Å². The zero-order chi connectivity index (χ0) is 17.4. The fourth-order valence-electron chi connectivity index (χ4n) is 1.69. The van der Waals surface area contributed by atoms with Crippen molar-refractivity contribution >= 4 is 35.0 Å². The lowest BCUT2D eigenvalue weighted by Crippen LogP contribution is -2.19. The number of rotatable bonds is 6. The van der Waals surface area contributed by atoms with E-state index in [1.165, 1.54) is 7.11 Å². The molecule has 0 saturated carbocycles. The summed E-state index contributed by atoms with van der Waals surface area (Å²) in [7, 11) is 1.24. The minimum atomic E-state index is -0.596. The monoisotopic (exact) mass is 347 g/mol. The van der Waals surface area contributed by atoms with Gasteiger partial charge in [0, 0.05) is 6.08 Å². The van der Waals surface area contributed by atoms with Gasteiger partial charge in [0.05, 0.1) is 24.8 Å². The van der Waals surface area contributed by atoms with Gasteiger partial charge in [-0.3, -0.25) is 10.1 Å². The predicted molar refractivity (Wildman–Crippen MR) is 93.1 cm³/mol. The second kappa shape index (κ2) is 8.88. The molecule has 1 amide bonds. The number of hydrogen-bond donors (Lipinski definition) is 1. The van der Waals surface area contributed by atoms with Crippen molar-refractivity contribution in [3.63, 3.8) is 0 Å². The standard InChI is InChI=1S/C16H17N3O4S/c1-3-7-23-12-6-4-5-11(8-12)10-17-19-16-18-15(21)13(24-16)9-14(20)22-2/h4-6,8-10H,3,7H2,1-2H3,(H,18,19,21)/b13-9+,17-10?. The van der Waals surface area contributed by atoms with Crippen LogP contribution in [0.15, 0.2) is 45.4 Å². The molecule has 1 aromatic rings. The zero-order valence-electron chi connectivity index (χ0n) is 13.3. The van der Waals surface area contributed by atoms with E-state index >= 15 is 0 Å². The van der Waals surface area contributed by atoms with E-state index in [0.29, 0.717) is 11.8 Å². The molecule has 0 spiro atoms. The number of benzene rings is 1. The molecule has 0 radical (unpaired) electrons. The Morgan fingerprint density at radius 1 is 1.42 bits per heavy atom. The highest BCUT2D eigenvalue weighted by Gasteiger charge is 2.24. The van der Waals surface area contributed by atoms with E-state index in [1.54, 1.807) is 6.21 Å². The van der Waals surface area contributed by atoms with E-state index in [0.717, 1.165) is 35.6 Å². The molecule has 0 unspecified atom stereocenters. The summed E-state index contributed by atoms with van der Waals surface area (Å²) < 4.78 is 10.0. The summed E-state index contributed by atoms with van der Waals surface area (Å²) in [5, 5.41) is 10.7. The van der Waals surface area contributed by atoms with Gasteiger partial charge in [-0.25, -0.2) is 4.79 Å². The van der Waals surface area contributed by atoms with Gasteiger partial charge >= 0.3 is 5.97 Å². The van der Waals surface area contributed by atoms with E-state index in [-0.39, 0.29) is 4.91 Å². The largest absolute Gasteiger partial charge is 0.494 e. The van der Waals surface area contributed by atoms with Gasteiger partial charge in [0.1, 0.15) is 5.75 Å². The lowest BCUT2D eigenvalue weighted by molar-refractivity contribution is -0.135. The first-order chi connectivity index (χ1) is 11.6. The molecule has 126 valence electrons. The lowest BCUT2D eigenvalue weighted by atomic mass is 10.2. The Hall–Kier alpha value is -2.61. The van der Waals surface area contributed by atoms with Gasteiger partial charge in [-0.05, 0) is 35.9 Å². The maximum atomic E-state index is 11.7. The minimum absolute atomic E-state index is 0.214. The van der Waals surface area contributed by atoms with Crippen LogP contribution >= 0.6 is 11.8 Å². The summed E-state index contributed by atoms with van der Waals surface area (Å²) in [5.74, 6) is -0.240. The fourth-order valence-corrected chi connectivity index (χ4v) is 2.43. The number of nitrogens with zero attached hydrogens (tertiary/aromatic N) is 2. The highest BCUT2D eigenvalue weighted by Crippen LogP contribution is 2.23. The van der Waals surface area contributed by atoms with Crippen molar-refractivity contribution in [2.75, 3.05) is 13.7 Å². The third kappa shape index (κ3) is 5.24. The van der Waals surface area contributed by atoms with Crippen molar-refractivity contribution in [1.82, 2.24) is 5.32 Å². The Labute approximate surface area is 143 Å². The fraction of sp³-hybridized carbons (Fsp3) is 0.250. The Bertz CT molecular complexity index is 713. The number of carbonyl (C=O) groups is 2. The van der Waals surface area contributed by atoms with E-state index in [4.69, 9.17) is 4.74 Å². The van der Waals surface area contributed by atoms with Crippen LogP contribution in [0.2, 0.25) is 0 Å². The summed E-state index contributed by atoms with van der Waals surface area (Å²) in [6.07, 6.45) is 3.60. The van der Waals surface area contributed by atoms with Crippen LogP contribution in [0, 0.1) is 0 Å². The number of esters is 1. The van der Waals surface area contributed by atoms with Crippen molar-refractivity contribution in [2.45, 2.75) is 13.3 Å². The molecular weight excluding hydrogens is 330 g/mol. The number of methoxy groups -OCH3 is 1. The molecule has 0 atom stereocenters. The second-order valence-corrected chi connectivity index (χ2v) is 5.69. The second-order valence-electron chi connectivity index (χ2n) is 4.66. The Morgan fingerprint density at radius 2 is 2.25 bits per heavy atom. The number of amides is 1. The van der Waals surface area contributed by atoms with Gasteiger partial charge in [0.2, 0.25) is 0 Å². The maximum Gasteiger partial charge on any atom is 0.331 e. The summed E-state index contributed by atoms with van der Waals surface area (Å²) in [4.78, 5) is 23.0. The molecule has 8 heteroatoms. The average molecular weight is 347 g/mol. The van der Waals surface area contributed by atoms with Crippen LogP contribution in [0.3, 0.4) is 0 Å². The molecule has 0 aliphatic carbocycles. The molecule has 2 rings (SSSR count). The van der Waals surface area contributed by atoms with Gasteiger partial charge in [0.25, 0.3) is 5.91 Å². The summed E-state index contributed by atoms with van der Waals surface area (Å²) in [6.45, 7) is 2.69. The van der Waals surface area contributed by atoms with Gasteiger partial charge < -0.3 is 9.47 Å². The molecule has 1 N–H and O–H groups in total. The van der Waals surface area contributed by atoms with Crippen molar-refractivity contribution in [2.24, 2.45) is 10.2 Å². The number of amidine groups is 1. The highest BCUT2D eigenvalue weighted by molar-refractivity contribution is 8.18. The number of hydrogen-bond acceptors (Lipinski definition) is 7. The Kier molecular flexibility index (Phi) is 6.56. The van der Waals surface area contributed by atoms with Gasteiger partial charge in [-0.2, -0.15) is 5.10 Å². The van der Waals surface area contributed by atoms with Crippen LogP contribution in [0.1, 0.15) is 18.9 Å². The molecule has 24 heavy (non-hydrogen) atoms. The van der Waals surface area contributed by atoms with E-state index < -0.39 is 11.9 Å². The SMILES string of the molecule is CCCOc1cccc(C=N/N=C2/NC(=O)/C(=C\C(=O)OC)S2)c1. The molecule has 1 aliphatic rings. The topological polar surface area (TPSA) is 89.4 Å². The maximum absolute atomic E-state index is 11.7. The summed E-state index contributed by atoms with van der Waals surface area (Å²) >= 11 is 1.02. The Balaban J connectivity index is 2.01. The van der Waals surface area contributed by atoms with Crippen LogP contribution in [0.25, 0.3) is 0 Å². The quantitative estimate of drug-likeness (QED) is 0.368. The lowest BCUT2D eigenvalue weighted by Gasteiger charge is -2.04. The first kappa shape index (κ1) is 17.7. The number of thioether (sulfide) groups is 1. The number of nitrogens with one attached hydrogen (secondary N) is 1. The van der Waals surface area contributed by atoms with Crippen LogP contribution < -0.4 is 10.1 Å². The smallest absolute Gasteiger partial charge is 0.331 e. The third-order valence-electron chi connectivity index (χ3n) is 2.79. The third-order valence-corrected chi connectivity index (χ3v) is 3.69. The van der Waals surface area contributed by atoms with Crippen molar-refractivity contribution in [3.05, 3.63) is 40.8 Å². The molecule has 1 aromatic carbocycles. The zero-order valence-corrected chi connectivity index (χ0v) is 14.1. The van der Waals surface area contributed by atoms with Crippen LogP contribution in [0.5, 0.6) is 5.75 Å². The molecule has 1 saturated heterocycles. The van der Waals surface area contributed by atoms with Crippen molar-refractivity contribution < 1.29 is 19.1 Å². The van der Waals surface area contributed by atoms with Gasteiger partial charge in [-0.15, -0.1) is 5.10 Å². The predicted octanol–water partition coefficient (Wildman–Crippen LogP) is 2.09. The molecule has 1 fully saturated rings. The van der Waals surface area contributed by atoms with Crippen molar-refractivity contribution in [1.29, 1.82) is 0 Å². The van der Waals surface area contributed by atoms with Gasteiger partial charge in [-0.1, -0.05) is 19.1 Å². The van der Waals surface area contributed by atoms with Crippen LogP contribution in [-0.2, 0) is 14.3 Å². The van der Waals surface area contributed by atoms with Crippen LogP contribution in [0.4, 0.5) is 0 Å². The van der Waals surface area contributed by atoms with E-state index in [2.05, 4.69) is 20.3 Å². The Morgan fingerprint density at radius 3 is 3.00 bits per heavy atom. The van der Waals surface area contributed by atoms with E-state index in [1.807, 2.05) is 31.2 Å². The minimum Gasteiger partial charge on any atom is -0.494 e. The summed E-state index contributed by atoms with van der Waals surface area (Å²) in [5.41, 5.74) is 0.826.